The van der Waals surface area contributed by atoms with Gasteiger partial charge in [0.1, 0.15) is 0 Å². The molecule has 2 aliphatic heterocycles. The normalized spacial score (nSPS) is 27.5. The van der Waals surface area contributed by atoms with Crippen molar-refractivity contribution in [1.82, 2.24) is 15.1 Å². The molecular formula is C20H38N4. The Labute approximate surface area is 149 Å². The first kappa shape index (κ1) is 18.0. The Hall–Kier alpha value is -0.770. The minimum atomic E-state index is 0.654. The van der Waals surface area contributed by atoms with Gasteiger partial charge >= 0.3 is 0 Å². The van der Waals surface area contributed by atoms with Gasteiger partial charge in [0.05, 0.1) is 0 Å². The van der Waals surface area contributed by atoms with Crippen LogP contribution in [-0.4, -0.2) is 61.6 Å². The largest absolute Gasteiger partial charge is 0.357 e. The summed E-state index contributed by atoms with van der Waals surface area (Å²) in [6, 6.07) is 0. The van der Waals surface area contributed by atoms with E-state index in [4.69, 9.17) is 4.99 Å². The molecule has 0 radical (unpaired) electrons. The third-order valence-corrected chi connectivity index (χ3v) is 6.37. The first-order valence-electron chi connectivity index (χ1n) is 10.5. The van der Waals surface area contributed by atoms with Gasteiger partial charge in [-0.15, -0.1) is 0 Å². The van der Waals surface area contributed by atoms with E-state index in [-0.39, 0.29) is 0 Å². The standard InChI is InChI=1S/C20H38N4/c1-3-21-19(24-15-11-20(17-24)9-7-10-20)22-12-4-5-13-23-14-6-8-18(2)16-23/h18H,3-17H2,1-2H3,(H,21,22). The number of unbranched alkanes of at least 4 members (excludes halogenated alkanes) is 1. The molecule has 1 atom stereocenters. The van der Waals surface area contributed by atoms with E-state index < -0.39 is 0 Å². The Morgan fingerprint density at radius 1 is 1.17 bits per heavy atom. The number of nitrogens with zero attached hydrogens (tertiary/aromatic N) is 3. The minimum absolute atomic E-state index is 0.654. The number of hydrogen-bond acceptors (Lipinski definition) is 2. The van der Waals surface area contributed by atoms with Crippen molar-refractivity contribution < 1.29 is 0 Å². The molecule has 0 aromatic rings. The zero-order valence-corrected chi connectivity index (χ0v) is 16.0. The van der Waals surface area contributed by atoms with E-state index in [9.17, 15) is 0 Å². The van der Waals surface area contributed by atoms with Crippen LogP contribution in [0.4, 0.5) is 0 Å². The number of rotatable bonds is 6. The third kappa shape index (κ3) is 4.65. The van der Waals surface area contributed by atoms with Gasteiger partial charge in [-0.3, -0.25) is 4.99 Å². The van der Waals surface area contributed by atoms with Gasteiger partial charge in [-0.25, -0.2) is 0 Å². The van der Waals surface area contributed by atoms with Crippen LogP contribution in [-0.2, 0) is 0 Å². The van der Waals surface area contributed by atoms with Crippen molar-refractivity contribution in [2.45, 2.75) is 65.2 Å². The highest BCUT2D eigenvalue weighted by Gasteiger charge is 2.43. The molecule has 0 amide bonds. The lowest BCUT2D eigenvalue weighted by molar-refractivity contribution is 0.151. The summed E-state index contributed by atoms with van der Waals surface area (Å²) in [5, 5.41) is 3.52. The molecule has 1 saturated carbocycles. The summed E-state index contributed by atoms with van der Waals surface area (Å²) in [6.07, 6.45) is 11.0. The van der Waals surface area contributed by atoms with Crippen molar-refractivity contribution >= 4 is 5.96 Å². The number of hydrogen-bond donors (Lipinski definition) is 1. The number of piperidine rings is 1. The molecule has 1 aliphatic carbocycles. The monoisotopic (exact) mass is 334 g/mol. The van der Waals surface area contributed by atoms with Crippen LogP contribution in [0, 0.1) is 11.3 Å². The van der Waals surface area contributed by atoms with E-state index in [1.807, 2.05) is 0 Å². The number of likely N-dealkylation sites (tertiary alicyclic amines) is 2. The fourth-order valence-corrected chi connectivity index (χ4v) is 4.75. The lowest BCUT2D eigenvalue weighted by Gasteiger charge is -2.38. The quantitative estimate of drug-likeness (QED) is 0.459. The molecule has 1 N–H and O–H groups in total. The second-order valence-electron chi connectivity index (χ2n) is 8.52. The molecule has 0 aromatic carbocycles. The van der Waals surface area contributed by atoms with E-state index in [1.165, 1.54) is 90.0 Å². The molecule has 138 valence electrons. The molecule has 2 heterocycles. The fourth-order valence-electron chi connectivity index (χ4n) is 4.75. The summed E-state index contributed by atoms with van der Waals surface area (Å²) >= 11 is 0. The van der Waals surface area contributed by atoms with Crippen molar-refractivity contribution in [2.75, 3.05) is 45.8 Å². The van der Waals surface area contributed by atoms with Gasteiger partial charge in [-0.1, -0.05) is 13.3 Å². The highest BCUT2D eigenvalue weighted by Crippen LogP contribution is 2.47. The molecule has 0 bridgehead atoms. The Bertz CT molecular complexity index is 416. The lowest BCUT2D eigenvalue weighted by Crippen LogP contribution is -2.42. The summed E-state index contributed by atoms with van der Waals surface area (Å²) in [5.41, 5.74) is 0.654. The van der Waals surface area contributed by atoms with Crippen LogP contribution in [0.5, 0.6) is 0 Å². The molecule has 1 unspecified atom stereocenters. The molecule has 3 aliphatic rings. The summed E-state index contributed by atoms with van der Waals surface area (Å²) in [7, 11) is 0. The smallest absolute Gasteiger partial charge is 0.193 e. The lowest BCUT2D eigenvalue weighted by atomic mass is 9.68. The first-order valence-corrected chi connectivity index (χ1v) is 10.5. The van der Waals surface area contributed by atoms with Crippen molar-refractivity contribution in [3.63, 3.8) is 0 Å². The van der Waals surface area contributed by atoms with Gasteiger partial charge in [0.2, 0.25) is 0 Å². The van der Waals surface area contributed by atoms with Crippen LogP contribution in [0.1, 0.15) is 65.2 Å². The number of guanidine groups is 1. The molecule has 0 aromatic heterocycles. The van der Waals surface area contributed by atoms with Gasteiger partial charge in [0, 0.05) is 32.7 Å². The molecule has 24 heavy (non-hydrogen) atoms. The van der Waals surface area contributed by atoms with Crippen molar-refractivity contribution in [1.29, 1.82) is 0 Å². The number of nitrogens with one attached hydrogen (secondary N) is 1. The van der Waals surface area contributed by atoms with E-state index >= 15 is 0 Å². The Balaban J connectivity index is 1.38. The second-order valence-corrected chi connectivity index (χ2v) is 8.52. The summed E-state index contributed by atoms with van der Waals surface area (Å²) in [4.78, 5) is 10.1. The topological polar surface area (TPSA) is 30.9 Å². The maximum Gasteiger partial charge on any atom is 0.193 e. The summed E-state index contributed by atoms with van der Waals surface area (Å²) < 4.78 is 0. The molecule has 4 nitrogen and oxygen atoms in total. The predicted octanol–water partition coefficient (Wildman–Crippen LogP) is 3.34. The zero-order valence-electron chi connectivity index (χ0n) is 16.0. The van der Waals surface area contributed by atoms with Crippen LogP contribution in [0.15, 0.2) is 4.99 Å². The Morgan fingerprint density at radius 3 is 2.71 bits per heavy atom. The van der Waals surface area contributed by atoms with Crippen LogP contribution >= 0.6 is 0 Å². The van der Waals surface area contributed by atoms with E-state index in [2.05, 4.69) is 29.0 Å². The maximum atomic E-state index is 4.93. The van der Waals surface area contributed by atoms with Crippen LogP contribution in [0.25, 0.3) is 0 Å². The maximum absolute atomic E-state index is 4.93. The molecule has 3 rings (SSSR count). The fraction of sp³-hybridized carbons (Fsp3) is 0.950. The highest BCUT2D eigenvalue weighted by atomic mass is 15.3. The average Bonchev–Trinajstić information content (AvgIpc) is 2.99. The van der Waals surface area contributed by atoms with Gasteiger partial charge in [-0.05, 0) is 76.3 Å². The van der Waals surface area contributed by atoms with Crippen molar-refractivity contribution in [3.05, 3.63) is 0 Å². The predicted molar refractivity (Wildman–Crippen MR) is 103 cm³/mol. The van der Waals surface area contributed by atoms with E-state index in [1.54, 1.807) is 0 Å². The van der Waals surface area contributed by atoms with Crippen LogP contribution < -0.4 is 5.32 Å². The number of aliphatic imine (C=N–C) groups is 1. The van der Waals surface area contributed by atoms with Crippen molar-refractivity contribution in [2.24, 2.45) is 16.3 Å². The van der Waals surface area contributed by atoms with Crippen LogP contribution in [0.3, 0.4) is 0 Å². The molecular weight excluding hydrogens is 296 g/mol. The average molecular weight is 335 g/mol. The van der Waals surface area contributed by atoms with Gasteiger partial charge in [-0.2, -0.15) is 0 Å². The highest BCUT2D eigenvalue weighted by molar-refractivity contribution is 5.80. The summed E-state index contributed by atoms with van der Waals surface area (Å²) in [5.74, 6) is 2.07. The molecule has 4 heteroatoms. The van der Waals surface area contributed by atoms with Gasteiger partial charge in [0.25, 0.3) is 0 Å². The van der Waals surface area contributed by atoms with E-state index in [0.29, 0.717) is 5.41 Å². The van der Waals surface area contributed by atoms with Crippen LogP contribution in [0.2, 0.25) is 0 Å². The second kappa shape index (κ2) is 8.55. The molecule has 3 fully saturated rings. The molecule has 2 saturated heterocycles. The SMILES string of the molecule is CCNC(=NCCCCN1CCCC(C)C1)N1CCC2(CCC2)C1. The zero-order chi connectivity index (χ0) is 16.8. The Kier molecular flexibility index (Phi) is 6.43. The first-order chi connectivity index (χ1) is 11.7. The van der Waals surface area contributed by atoms with Gasteiger partial charge < -0.3 is 15.1 Å². The Morgan fingerprint density at radius 2 is 2.04 bits per heavy atom. The van der Waals surface area contributed by atoms with Gasteiger partial charge in [0.15, 0.2) is 5.96 Å². The molecule has 1 spiro atoms. The van der Waals surface area contributed by atoms with E-state index in [0.717, 1.165) is 19.0 Å². The minimum Gasteiger partial charge on any atom is -0.357 e. The summed E-state index contributed by atoms with van der Waals surface area (Å²) in [6.45, 7) is 12.9. The third-order valence-electron chi connectivity index (χ3n) is 6.37. The van der Waals surface area contributed by atoms with Crippen molar-refractivity contribution in [3.8, 4) is 0 Å².